The molecule has 2 aliphatic heterocycles. The summed E-state index contributed by atoms with van der Waals surface area (Å²) in [5.41, 5.74) is 0. The molecule has 2 atom stereocenters. The molecule has 6 heteroatoms. The normalized spacial score (nSPS) is 23.9. The van der Waals surface area contributed by atoms with Gasteiger partial charge >= 0.3 is 0 Å². The first-order valence-electron chi connectivity index (χ1n) is 10.2. The SMILES string of the molecule is CN=C(NCCN1CCCCC1C)NCC(c1ccco1)N1CCCC1. The fourth-order valence-corrected chi connectivity index (χ4v) is 4.17. The predicted molar refractivity (Wildman–Crippen MR) is 107 cm³/mol. The number of furan rings is 1. The number of nitrogens with one attached hydrogen (secondary N) is 2. The van der Waals surface area contributed by atoms with Gasteiger partial charge in [0.05, 0.1) is 12.3 Å². The number of piperidine rings is 1. The summed E-state index contributed by atoms with van der Waals surface area (Å²) in [5.74, 6) is 1.92. The van der Waals surface area contributed by atoms with E-state index in [0.29, 0.717) is 6.04 Å². The van der Waals surface area contributed by atoms with Crippen LogP contribution in [0.3, 0.4) is 0 Å². The summed E-state index contributed by atoms with van der Waals surface area (Å²) >= 11 is 0. The molecule has 26 heavy (non-hydrogen) atoms. The van der Waals surface area contributed by atoms with Crippen LogP contribution in [0.15, 0.2) is 27.8 Å². The van der Waals surface area contributed by atoms with Crippen LogP contribution in [0.4, 0.5) is 0 Å². The molecule has 1 aromatic rings. The van der Waals surface area contributed by atoms with Crippen molar-refractivity contribution in [3.8, 4) is 0 Å². The predicted octanol–water partition coefficient (Wildman–Crippen LogP) is 2.46. The van der Waals surface area contributed by atoms with Crippen molar-refractivity contribution in [3.63, 3.8) is 0 Å². The Morgan fingerprint density at radius 1 is 1.23 bits per heavy atom. The van der Waals surface area contributed by atoms with E-state index in [1.165, 1.54) is 38.6 Å². The van der Waals surface area contributed by atoms with Gasteiger partial charge in [-0.1, -0.05) is 6.42 Å². The van der Waals surface area contributed by atoms with Gasteiger partial charge in [0.25, 0.3) is 0 Å². The molecule has 6 nitrogen and oxygen atoms in total. The Labute approximate surface area is 158 Å². The molecule has 0 radical (unpaired) electrons. The molecule has 2 aliphatic rings. The topological polar surface area (TPSA) is 56.0 Å². The molecule has 146 valence electrons. The summed E-state index contributed by atoms with van der Waals surface area (Å²) in [5, 5.41) is 6.98. The zero-order valence-electron chi connectivity index (χ0n) is 16.4. The Balaban J connectivity index is 1.46. The number of rotatable bonds is 7. The number of likely N-dealkylation sites (tertiary alicyclic amines) is 2. The zero-order valence-corrected chi connectivity index (χ0v) is 16.4. The van der Waals surface area contributed by atoms with Crippen molar-refractivity contribution >= 4 is 5.96 Å². The molecule has 2 saturated heterocycles. The molecule has 0 aliphatic carbocycles. The van der Waals surface area contributed by atoms with E-state index < -0.39 is 0 Å². The van der Waals surface area contributed by atoms with Crippen LogP contribution in [0.2, 0.25) is 0 Å². The van der Waals surface area contributed by atoms with E-state index in [9.17, 15) is 0 Å². The minimum atomic E-state index is 0.271. The third-order valence-electron chi connectivity index (χ3n) is 5.77. The highest BCUT2D eigenvalue weighted by molar-refractivity contribution is 5.79. The Hall–Kier alpha value is -1.53. The van der Waals surface area contributed by atoms with Crippen molar-refractivity contribution in [2.45, 2.75) is 51.1 Å². The van der Waals surface area contributed by atoms with Crippen LogP contribution in [0.5, 0.6) is 0 Å². The lowest BCUT2D eigenvalue weighted by Crippen LogP contribution is -2.46. The molecule has 3 rings (SSSR count). The van der Waals surface area contributed by atoms with Crippen LogP contribution in [0.25, 0.3) is 0 Å². The highest BCUT2D eigenvalue weighted by Gasteiger charge is 2.25. The van der Waals surface area contributed by atoms with Gasteiger partial charge in [0.1, 0.15) is 5.76 Å². The molecule has 0 amide bonds. The summed E-state index contributed by atoms with van der Waals surface area (Å²) in [6, 6.07) is 5.04. The van der Waals surface area contributed by atoms with E-state index in [0.717, 1.165) is 44.4 Å². The second-order valence-corrected chi connectivity index (χ2v) is 7.53. The van der Waals surface area contributed by atoms with Gasteiger partial charge in [0, 0.05) is 32.7 Å². The maximum absolute atomic E-state index is 5.70. The van der Waals surface area contributed by atoms with E-state index in [-0.39, 0.29) is 6.04 Å². The highest BCUT2D eigenvalue weighted by Crippen LogP contribution is 2.24. The third-order valence-corrected chi connectivity index (χ3v) is 5.77. The molecule has 0 spiro atoms. The summed E-state index contributed by atoms with van der Waals surface area (Å²) < 4.78 is 5.70. The lowest BCUT2D eigenvalue weighted by molar-refractivity contribution is 0.163. The molecule has 1 aromatic heterocycles. The van der Waals surface area contributed by atoms with Crippen molar-refractivity contribution in [3.05, 3.63) is 24.2 Å². The fraction of sp³-hybridized carbons (Fsp3) is 0.750. The second-order valence-electron chi connectivity index (χ2n) is 7.53. The van der Waals surface area contributed by atoms with Gasteiger partial charge < -0.3 is 15.1 Å². The molecule has 2 N–H and O–H groups in total. The van der Waals surface area contributed by atoms with Crippen molar-refractivity contribution in [1.82, 2.24) is 20.4 Å². The minimum Gasteiger partial charge on any atom is -0.468 e. The van der Waals surface area contributed by atoms with Gasteiger partial charge in [0.2, 0.25) is 0 Å². The molecule has 0 bridgehead atoms. The van der Waals surface area contributed by atoms with Crippen LogP contribution >= 0.6 is 0 Å². The smallest absolute Gasteiger partial charge is 0.191 e. The zero-order chi connectivity index (χ0) is 18.2. The van der Waals surface area contributed by atoms with Crippen LogP contribution in [0.1, 0.15) is 50.8 Å². The summed E-state index contributed by atoms with van der Waals surface area (Å²) in [7, 11) is 1.84. The van der Waals surface area contributed by atoms with Crippen molar-refractivity contribution in [1.29, 1.82) is 0 Å². The largest absolute Gasteiger partial charge is 0.468 e. The summed E-state index contributed by atoms with van der Waals surface area (Å²) in [6.45, 7) is 8.68. The molecular weight excluding hydrogens is 326 g/mol. The first kappa shape index (κ1) is 19.2. The van der Waals surface area contributed by atoms with E-state index in [1.807, 2.05) is 13.1 Å². The lowest BCUT2D eigenvalue weighted by Gasteiger charge is -2.33. The monoisotopic (exact) mass is 361 g/mol. The van der Waals surface area contributed by atoms with Gasteiger partial charge in [0.15, 0.2) is 5.96 Å². The maximum Gasteiger partial charge on any atom is 0.191 e. The fourth-order valence-electron chi connectivity index (χ4n) is 4.17. The first-order chi connectivity index (χ1) is 12.8. The van der Waals surface area contributed by atoms with Gasteiger partial charge in [-0.3, -0.25) is 14.8 Å². The maximum atomic E-state index is 5.70. The molecule has 2 unspecified atom stereocenters. The number of guanidine groups is 1. The third kappa shape index (κ3) is 5.24. The minimum absolute atomic E-state index is 0.271. The average Bonchev–Trinajstić information content (AvgIpc) is 3.36. The second kappa shape index (κ2) is 9.97. The van der Waals surface area contributed by atoms with Crippen LogP contribution in [-0.2, 0) is 0 Å². The van der Waals surface area contributed by atoms with Crippen LogP contribution < -0.4 is 10.6 Å². The highest BCUT2D eigenvalue weighted by atomic mass is 16.3. The average molecular weight is 362 g/mol. The standard InChI is InChI=1S/C20H35N5O/c1-17-8-3-4-11-24(17)14-10-22-20(21-2)23-16-18(19-9-7-15-26-19)25-12-5-6-13-25/h7,9,15,17-18H,3-6,8,10-14,16H2,1-2H3,(H2,21,22,23). The molecule has 0 saturated carbocycles. The number of aliphatic imine (C=N–C) groups is 1. The van der Waals surface area contributed by atoms with Crippen LogP contribution in [0, 0.1) is 0 Å². The molecule has 2 fully saturated rings. The Bertz CT molecular complexity index is 538. The Kier molecular flexibility index (Phi) is 7.38. The number of hydrogen-bond acceptors (Lipinski definition) is 4. The molecule has 0 aromatic carbocycles. The quantitative estimate of drug-likeness (QED) is 0.577. The van der Waals surface area contributed by atoms with Crippen molar-refractivity contribution in [2.24, 2.45) is 4.99 Å². The van der Waals surface area contributed by atoms with Gasteiger partial charge in [-0.25, -0.2) is 0 Å². The number of nitrogens with zero attached hydrogens (tertiary/aromatic N) is 3. The Morgan fingerprint density at radius 2 is 2.04 bits per heavy atom. The summed E-state index contributed by atoms with van der Waals surface area (Å²) in [4.78, 5) is 9.49. The van der Waals surface area contributed by atoms with Gasteiger partial charge in [-0.15, -0.1) is 0 Å². The van der Waals surface area contributed by atoms with Gasteiger partial charge in [-0.2, -0.15) is 0 Å². The van der Waals surface area contributed by atoms with Crippen molar-refractivity contribution in [2.75, 3.05) is 46.3 Å². The summed E-state index contributed by atoms with van der Waals surface area (Å²) in [6.07, 6.45) is 8.35. The molecule has 3 heterocycles. The Morgan fingerprint density at radius 3 is 2.73 bits per heavy atom. The van der Waals surface area contributed by atoms with E-state index in [4.69, 9.17) is 4.42 Å². The van der Waals surface area contributed by atoms with E-state index >= 15 is 0 Å². The van der Waals surface area contributed by atoms with Gasteiger partial charge in [-0.05, 0) is 64.4 Å². The molecular formula is C20H35N5O. The first-order valence-corrected chi connectivity index (χ1v) is 10.2. The van der Waals surface area contributed by atoms with Crippen molar-refractivity contribution < 1.29 is 4.42 Å². The lowest BCUT2D eigenvalue weighted by atomic mass is 10.0. The van der Waals surface area contributed by atoms with E-state index in [1.54, 1.807) is 6.26 Å². The van der Waals surface area contributed by atoms with Crippen LogP contribution in [-0.4, -0.2) is 68.1 Å². The van der Waals surface area contributed by atoms with E-state index in [2.05, 4.69) is 38.4 Å². The number of hydrogen-bond donors (Lipinski definition) is 2.